The van der Waals surface area contributed by atoms with Crippen molar-refractivity contribution in [2.24, 2.45) is 0 Å². The van der Waals surface area contributed by atoms with Gasteiger partial charge in [0.1, 0.15) is 6.04 Å². The maximum Gasteiger partial charge on any atom is 0.322 e. The van der Waals surface area contributed by atoms with Crippen molar-refractivity contribution in [3.05, 3.63) is 28.2 Å². The summed E-state index contributed by atoms with van der Waals surface area (Å²) in [5.74, 6) is 0.535. The average Bonchev–Trinajstić information content (AvgIpc) is 2.45. The predicted molar refractivity (Wildman–Crippen MR) is 85.9 cm³/mol. The van der Waals surface area contributed by atoms with Crippen LogP contribution in [-0.2, 0) is 9.53 Å². The molecule has 0 saturated carbocycles. The highest BCUT2D eigenvalue weighted by Crippen LogP contribution is 2.30. The number of rotatable bonds is 8. The Labute approximate surface area is 134 Å². The summed E-state index contributed by atoms with van der Waals surface area (Å²) in [5, 5.41) is 4.52. The number of benzene rings is 1. The third-order valence-electron chi connectivity index (χ3n) is 2.68. The van der Waals surface area contributed by atoms with E-state index in [0.29, 0.717) is 16.5 Å². The molecule has 1 unspecified atom stereocenters. The topological polar surface area (TPSA) is 38.3 Å². The van der Waals surface area contributed by atoms with Gasteiger partial charge >= 0.3 is 5.97 Å². The fourth-order valence-electron chi connectivity index (χ4n) is 1.64. The number of halogens is 2. The lowest BCUT2D eigenvalue weighted by atomic mass is 10.2. The summed E-state index contributed by atoms with van der Waals surface area (Å²) in [4.78, 5) is 12.6. The molecule has 0 aliphatic heterocycles. The first-order valence-electron chi connectivity index (χ1n) is 6.47. The molecule has 0 bridgehead atoms. The zero-order chi connectivity index (χ0) is 15.0. The highest BCUT2D eigenvalue weighted by Gasteiger charge is 2.17. The van der Waals surface area contributed by atoms with Gasteiger partial charge in [-0.15, -0.1) is 11.8 Å². The van der Waals surface area contributed by atoms with Crippen LogP contribution in [0.5, 0.6) is 0 Å². The highest BCUT2D eigenvalue weighted by atomic mass is 35.5. The molecule has 0 heterocycles. The summed E-state index contributed by atoms with van der Waals surface area (Å²) in [7, 11) is 1.41. The van der Waals surface area contributed by atoms with Crippen LogP contribution >= 0.6 is 35.0 Å². The maximum atomic E-state index is 11.6. The molecule has 0 fully saturated rings. The van der Waals surface area contributed by atoms with Crippen LogP contribution in [0, 0.1) is 0 Å². The molecule has 0 aliphatic rings. The van der Waals surface area contributed by atoms with Gasteiger partial charge in [-0.1, -0.05) is 30.1 Å². The molecule has 0 aliphatic carbocycles. The second-order valence-corrected chi connectivity index (χ2v) is 6.22. The van der Waals surface area contributed by atoms with E-state index in [-0.39, 0.29) is 12.0 Å². The smallest absolute Gasteiger partial charge is 0.322 e. The number of carbonyl (C=O) groups is 1. The summed E-state index contributed by atoms with van der Waals surface area (Å²) in [6.07, 6.45) is 1.65. The van der Waals surface area contributed by atoms with Crippen LogP contribution in [0.2, 0.25) is 10.0 Å². The van der Waals surface area contributed by atoms with E-state index >= 15 is 0 Å². The number of carbonyl (C=O) groups excluding carboxylic acids is 1. The number of methoxy groups -OCH3 is 1. The van der Waals surface area contributed by atoms with Crippen molar-refractivity contribution in [2.45, 2.75) is 30.7 Å². The molecule has 0 aromatic heterocycles. The molecule has 112 valence electrons. The molecule has 1 aromatic carbocycles. The van der Waals surface area contributed by atoms with Gasteiger partial charge in [0, 0.05) is 15.7 Å². The van der Waals surface area contributed by atoms with Gasteiger partial charge in [0.25, 0.3) is 0 Å². The zero-order valence-corrected chi connectivity index (χ0v) is 13.9. The minimum atomic E-state index is -0.273. The summed E-state index contributed by atoms with van der Waals surface area (Å²) in [6, 6.07) is 5.10. The largest absolute Gasteiger partial charge is 0.468 e. The van der Waals surface area contributed by atoms with Gasteiger partial charge in [-0.05, 0) is 37.6 Å². The molecule has 3 nitrogen and oxygen atoms in total. The third kappa shape index (κ3) is 5.92. The predicted octanol–water partition coefficient (Wildman–Crippen LogP) is 4.02. The molecule has 1 aromatic rings. The van der Waals surface area contributed by atoms with Crippen molar-refractivity contribution < 1.29 is 9.53 Å². The molecule has 20 heavy (non-hydrogen) atoms. The molecular formula is C14H19Cl2NO2S. The van der Waals surface area contributed by atoms with Crippen LogP contribution in [0.4, 0.5) is 0 Å². The summed E-state index contributed by atoms with van der Waals surface area (Å²) in [6.45, 7) is 2.85. The van der Waals surface area contributed by atoms with Gasteiger partial charge in [0.15, 0.2) is 0 Å². The van der Waals surface area contributed by atoms with Crippen molar-refractivity contribution in [2.75, 3.05) is 19.4 Å². The minimum Gasteiger partial charge on any atom is -0.468 e. The second-order valence-electron chi connectivity index (χ2n) is 4.24. The molecule has 1 rings (SSSR count). The van der Waals surface area contributed by atoms with E-state index in [1.165, 1.54) is 7.11 Å². The van der Waals surface area contributed by atoms with Crippen LogP contribution in [-0.4, -0.2) is 31.4 Å². The number of hydrogen-bond donors (Lipinski definition) is 1. The molecule has 0 saturated heterocycles. The standard InChI is InChI=1S/C14H19Cl2NO2S/c1-3-7-17-12(14(18)19-2)6-8-20-13-9-10(15)4-5-11(13)16/h4-5,9,12,17H,3,6-8H2,1-2H3. The van der Waals surface area contributed by atoms with Crippen molar-refractivity contribution in [3.8, 4) is 0 Å². The molecule has 0 amide bonds. The fraction of sp³-hybridized carbons (Fsp3) is 0.500. The Morgan fingerprint density at radius 1 is 1.45 bits per heavy atom. The van der Waals surface area contributed by atoms with E-state index in [4.69, 9.17) is 27.9 Å². The maximum absolute atomic E-state index is 11.6. The number of ether oxygens (including phenoxy) is 1. The lowest BCUT2D eigenvalue weighted by molar-refractivity contribution is -0.143. The van der Waals surface area contributed by atoms with E-state index < -0.39 is 0 Å². The Balaban J connectivity index is 2.50. The molecule has 1 atom stereocenters. The van der Waals surface area contributed by atoms with Gasteiger partial charge in [-0.2, -0.15) is 0 Å². The zero-order valence-electron chi connectivity index (χ0n) is 11.6. The summed E-state index contributed by atoms with van der Waals surface area (Å²) >= 11 is 13.6. The van der Waals surface area contributed by atoms with Gasteiger partial charge in [0.05, 0.1) is 12.1 Å². The van der Waals surface area contributed by atoms with E-state index in [1.54, 1.807) is 23.9 Å². The number of hydrogen-bond acceptors (Lipinski definition) is 4. The molecular weight excluding hydrogens is 317 g/mol. The highest BCUT2D eigenvalue weighted by molar-refractivity contribution is 7.99. The first-order chi connectivity index (χ1) is 9.58. The average molecular weight is 336 g/mol. The van der Waals surface area contributed by atoms with E-state index in [9.17, 15) is 4.79 Å². The van der Waals surface area contributed by atoms with Crippen LogP contribution in [0.15, 0.2) is 23.1 Å². The lowest BCUT2D eigenvalue weighted by Crippen LogP contribution is -2.38. The Hall–Kier alpha value is -0.420. The van der Waals surface area contributed by atoms with Crippen LogP contribution in [0.1, 0.15) is 19.8 Å². The lowest BCUT2D eigenvalue weighted by Gasteiger charge is -2.15. The first kappa shape index (κ1) is 17.6. The molecule has 0 radical (unpaired) electrons. The van der Waals surface area contributed by atoms with Gasteiger partial charge in [-0.25, -0.2) is 0 Å². The normalized spacial score (nSPS) is 12.2. The SMILES string of the molecule is CCCNC(CCSc1cc(Cl)ccc1Cl)C(=O)OC. The number of nitrogens with one attached hydrogen (secondary N) is 1. The van der Waals surface area contributed by atoms with Crippen molar-refractivity contribution >= 4 is 40.9 Å². The van der Waals surface area contributed by atoms with Gasteiger partial charge in [-0.3, -0.25) is 4.79 Å². The third-order valence-corrected chi connectivity index (χ3v) is 4.45. The summed E-state index contributed by atoms with van der Waals surface area (Å²) < 4.78 is 4.80. The van der Waals surface area contributed by atoms with Gasteiger partial charge in [0.2, 0.25) is 0 Å². The Kier molecular flexibility index (Phi) is 8.38. The Morgan fingerprint density at radius 2 is 2.20 bits per heavy atom. The molecule has 1 N–H and O–H groups in total. The Bertz CT molecular complexity index is 443. The molecule has 6 heteroatoms. The molecule has 0 spiro atoms. The van der Waals surface area contributed by atoms with Crippen molar-refractivity contribution in [3.63, 3.8) is 0 Å². The Morgan fingerprint density at radius 3 is 2.85 bits per heavy atom. The fourth-order valence-corrected chi connectivity index (χ4v) is 3.15. The second kappa shape index (κ2) is 9.50. The monoisotopic (exact) mass is 335 g/mol. The van der Waals surface area contributed by atoms with E-state index in [2.05, 4.69) is 12.2 Å². The number of thioether (sulfide) groups is 1. The minimum absolute atomic E-state index is 0.226. The first-order valence-corrected chi connectivity index (χ1v) is 8.21. The van der Waals surface area contributed by atoms with Crippen LogP contribution < -0.4 is 5.32 Å². The van der Waals surface area contributed by atoms with E-state index in [0.717, 1.165) is 23.6 Å². The summed E-state index contributed by atoms with van der Waals surface area (Å²) in [5.41, 5.74) is 0. The van der Waals surface area contributed by atoms with Crippen molar-refractivity contribution in [1.82, 2.24) is 5.32 Å². The van der Waals surface area contributed by atoms with Crippen LogP contribution in [0.3, 0.4) is 0 Å². The van der Waals surface area contributed by atoms with Gasteiger partial charge < -0.3 is 10.1 Å². The van der Waals surface area contributed by atoms with E-state index in [1.807, 2.05) is 6.07 Å². The van der Waals surface area contributed by atoms with Crippen LogP contribution in [0.25, 0.3) is 0 Å². The quantitative estimate of drug-likeness (QED) is 0.575. The van der Waals surface area contributed by atoms with Crippen molar-refractivity contribution in [1.29, 1.82) is 0 Å². The number of esters is 1.